The summed E-state index contributed by atoms with van der Waals surface area (Å²) in [7, 11) is 0. The Morgan fingerprint density at radius 2 is 1.79 bits per heavy atom. The van der Waals surface area contributed by atoms with Crippen LogP contribution in [0.25, 0.3) is 0 Å². The third-order valence-electron chi connectivity index (χ3n) is 3.34. The molecule has 0 heterocycles. The highest BCUT2D eigenvalue weighted by molar-refractivity contribution is 5.83. The van der Waals surface area contributed by atoms with Crippen molar-refractivity contribution in [1.29, 1.82) is 0 Å². The van der Waals surface area contributed by atoms with Crippen molar-refractivity contribution in [2.75, 3.05) is 0 Å². The number of rotatable bonds is 2. The zero-order valence-corrected chi connectivity index (χ0v) is 10.0. The lowest BCUT2D eigenvalue weighted by Crippen LogP contribution is -2.15. The van der Waals surface area contributed by atoms with Gasteiger partial charge in [-0.05, 0) is 29.7 Å². The van der Waals surface area contributed by atoms with Crippen LogP contribution in [0.3, 0.4) is 0 Å². The topological polar surface area (TPSA) is 12.4 Å². The van der Waals surface area contributed by atoms with E-state index in [9.17, 15) is 0 Å². The van der Waals surface area contributed by atoms with E-state index >= 15 is 0 Å². The van der Waals surface area contributed by atoms with Gasteiger partial charge in [-0.3, -0.25) is 4.99 Å². The fraction of sp³-hybridized carbons (Fsp3) is 0.615. The first-order chi connectivity index (χ1) is 6.31. The van der Waals surface area contributed by atoms with Gasteiger partial charge >= 0.3 is 0 Å². The Bertz CT molecular complexity index is 303. The van der Waals surface area contributed by atoms with Crippen molar-refractivity contribution in [3.05, 3.63) is 23.9 Å². The van der Waals surface area contributed by atoms with E-state index in [0.29, 0.717) is 5.41 Å². The van der Waals surface area contributed by atoms with Crippen molar-refractivity contribution in [3.8, 4) is 0 Å². The van der Waals surface area contributed by atoms with Crippen LogP contribution in [-0.4, -0.2) is 6.21 Å². The van der Waals surface area contributed by atoms with E-state index in [0.717, 1.165) is 0 Å². The lowest BCUT2D eigenvalue weighted by molar-refractivity contribution is 0.321. The molecule has 14 heavy (non-hydrogen) atoms. The molecule has 0 spiro atoms. The van der Waals surface area contributed by atoms with Crippen LogP contribution in [0.5, 0.6) is 0 Å². The summed E-state index contributed by atoms with van der Waals surface area (Å²) in [5.74, 6) is 0. The van der Waals surface area contributed by atoms with Crippen molar-refractivity contribution < 1.29 is 0 Å². The molecule has 0 aromatic heterocycles. The molecular formula is C13H21N. The summed E-state index contributed by atoms with van der Waals surface area (Å²) in [5.41, 5.74) is 3.40. The minimum absolute atomic E-state index is 0.250. The molecule has 0 amide bonds. The average molecular weight is 191 g/mol. The fourth-order valence-corrected chi connectivity index (χ4v) is 2.60. The third kappa shape index (κ3) is 1.82. The molecule has 0 aromatic carbocycles. The predicted octanol–water partition coefficient (Wildman–Crippen LogP) is 3.97. The van der Waals surface area contributed by atoms with E-state index in [1.54, 1.807) is 6.20 Å². The van der Waals surface area contributed by atoms with Gasteiger partial charge in [-0.1, -0.05) is 39.8 Å². The zero-order chi connectivity index (χ0) is 11.0. The lowest BCUT2D eigenvalue weighted by atomic mass is 9.80. The summed E-state index contributed by atoms with van der Waals surface area (Å²) in [4.78, 5) is 4.15. The first-order valence-corrected chi connectivity index (χ1v) is 5.17. The Morgan fingerprint density at radius 1 is 1.21 bits per heavy atom. The maximum absolute atomic E-state index is 4.15. The molecular weight excluding hydrogens is 170 g/mol. The second-order valence-electron chi connectivity index (χ2n) is 5.44. The van der Waals surface area contributed by atoms with Gasteiger partial charge in [0.1, 0.15) is 0 Å². The molecule has 0 unspecified atom stereocenters. The van der Waals surface area contributed by atoms with Crippen molar-refractivity contribution in [1.82, 2.24) is 0 Å². The minimum atomic E-state index is 0.250. The van der Waals surface area contributed by atoms with Gasteiger partial charge in [0.05, 0.1) is 0 Å². The predicted molar refractivity (Wildman–Crippen MR) is 63.6 cm³/mol. The van der Waals surface area contributed by atoms with Crippen LogP contribution in [0.4, 0.5) is 0 Å². The van der Waals surface area contributed by atoms with E-state index in [1.165, 1.54) is 17.6 Å². The first kappa shape index (κ1) is 11.2. The van der Waals surface area contributed by atoms with Gasteiger partial charge in [0.15, 0.2) is 0 Å². The third-order valence-corrected chi connectivity index (χ3v) is 3.34. The van der Waals surface area contributed by atoms with Gasteiger partial charge in [-0.2, -0.15) is 0 Å². The Hall–Kier alpha value is -0.850. The first-order valence-electron chi connectivity index (χ1n) is 5.17. The monoisotopic (exact) mass is 191 g/mol. The van der Waals surface area contributed by atoms with Crippen LogP contribution >= 0.6 is 0 Å². The highest BCUT2D eigenvalue weighted by Crippen LogP contribution is 2.51. The normalized spacial score (nSPS) is 24.6. The maximum Gasteiger partial charge on any atom is 0.0304 e. The molecule has 0 fully saturated rings. The molecule has 1 rings (SSSR count). The molecule has 78 valence electrons. The average Bonchev–Trinajstić information content (AvgIpc) is 2.16. The molecule has 0 saturated heterocycles. The van der Waals surface area contributed by atoms with Crippen molar-refractivity contribution in [2.45, 2.75) is 41.0 Å². The molecule has 0 bridgehead atoms. The van der Waals surface area contributed by atoms with Gasteiger partial charge in [0, 0.05) is 12.4 Å². The van der Waals surface area contributed by atoms with Crippen molar-refractivity contribution in [3.63, 3.8) is 0 Å². The largest absolute Gasteiger partial charge is 0.265 e. The molecule has 0 aliphatic heterocycles. The molecule has 0 saturated carbocycles. The summed E-state index contributed by atoms with van der Waals surface area (Å²) in [6.07, 6.45) is 4.77. The molecule has 1 aliphatic rings. The second-order valence-corrected chi connectivity index (χ2v) is 5.44. The minimum Gasteiger partial charge on any atom is -0.265 e. The zero-order valence-electron chi connectivity index (χ0n) is 10.0. The van der Waals surface area contributed by atoms with Gasteiger partial charge in [0.25, 0.3) is 0 Å². The summed E-state index contributed by atoms with van der Waals surface area (Å²) in [6, 6.07) is 0. The van der Waals surface area contributed by atoms with E-state index in [2.05, 4.69) is 46.2 Å². The summed E-state index contributed by atoms with van der Waals surface area (Å²) in [6.45, 7) is 15.0. The molecule has 0 atom stereocenters. The van der Waals surface area contributed by atoms with Crippen LogP contribution in [0.15, 0.2) is 28.9 Å². The van der Waals surface area contributed by atoms with E-state index < -0.39 is 0 Å². The molecule has 1 nitrogen and oxygen atoms in total. The molecule has 1 aliphatic carbocycles. The highest BCUT2D eigenvalue weighted by atomic mass is 14.7. The van der Waals surface area contributed by atoms with E-state index in [1.807, 2.05) is 6.21 Å². The van der Waals surface area contributed by atoms with Gasteiger partial charge < -0.3 is 0 Å². The van der Waals surface area contributed by atoms with E-state index in [-0.39, 0.29) is 5.41 Å². The maximum atomic E-state index is 4.15. The Kier molecular flexibility index (Phi) is 2.71. The van der Waals surface area contributed by atoms with Crippen LogP contribution in [0.1, 0.15) is 41.0 Å². The Labute approximate surface area is 87.6 Å². The smallest absolute Gasteiger partial charge is 0.0304 e. The Balaban J connectivity index is 3.15. The molecule has 0 radical (unpaired) electrons. The van der Waals surface area contributed by atoms with Crippen molar-refractivity contribution in [2.24, 2.45) is 15.8 Å². The molecule has 0 aromatic rings. The number of hydrogen-bond donors (Lipinski definition) is 0. The molecule has 0 N–H and O–H groups in total. The molecule has 1 heteroatoms. The summed E-state index contributed by atoms with van der Waals surface area (Å²) >= 11 is 0. The summed E-state index contributed by atoms with van der Waals surface area (Å²) in [5, 5.41) is 0. The number of hydrogen-bond acceptors (Lipinski definition) is 1. The van der Waals surface area contributed by atoms with Crippen LogP contribution in [0.2, 0.25) is 0 Å². The van der Waals surface area contributed by atoms with Crippen LogP contribution in [0, 0.1) is 10.8 Å². The number of nitrogens with zero attached hydrogens (tertiary/aromatic N) is 1. The highest BCUT2D eigenvalue weighted by Gasteiger charge is 2.40. The van der Waals surface area contributed by atoms with Gasteiger partial charge in [-0.25, -0.2) is 0 Å². The van der Waals surface area contributed by atoms with Gasteiger partial charge in [-0.15, -0.1) is 0 Å². The van der Waals surface area contributed by atoms with Crippen LogP contribution in [-0.2, 0) is 0 Å². The number of aliphatic imine (C=N–C) groups is 1. The van der Waals surface area contributed by atoms with Gasteiger partial charge in [0.2, 0.25) is 0 Å². The SMILES string of the molecule is C=C/N=C\C1=C(C)C(C)(C)CC1(C)C. The van der Waals surface area contributed by atoms with E-state index in [4.69, 9.17) is 0 Å². The lowest BCUT2D eigenvalue weighted by Gasteiger charge is -2.24. The fourth-order valence-electron chi connectivity index (χ4n) is 2.60. The van der Waals surface area contributed by atoms with Crippen molar-refractivity contribution >= 4 is 6.21 Å². The standard InChI is InChI=1S/C13H21N/c1-7-14-8-11-10(2)12(3,4)9-13(11,5)6/h7-8H,1,9H2,2-6H3/b14-8-. The van der Waals surface area contributed by atoms with Crippen LogP contribution < -0.4 is 0 Å². The Morgan fingerprint density at radius 3 is 2.14 bits per heavy atom. The quantitative estimate of drug-likeness (QED) is 0.586. The number of allylic oxidation sites excluding steroid dienone is 2. The summed E-state index contributed by atoms with van der Waals surface area (Å²) < 4.78 is 0. The second kappa shape index (κ2) is 3.38.